The van der Waals surface area contributed by atoms with E-state index in [1.165, 1.54) is 25.4 Å². The van der Waals surface area contributed by atoms with Gasteiger partial charge in [-0.1, -0.05) is 18.5 Å². The summed E-state index contributed by atoms with van der Waals surface area (Å²) in [5, 5.41) is 19.5. The molecule has 0 spiro atoms. The maximum Gasteiger partial charge on any atom is 0.306 e. The third-order valence-electron chi connectivity index (χ3n) is 3.22. The number of fused-ring (bicyclic) bond motifs is 1. The summed E-state index contributed by atoms with van der Waals surface area (Å²) in [5.41, 5.74) is 0. The van der Waals surface area contributed by atoms with Gasteiger partial charge in [0.2, 0.25) is 0 Å². The third kappa shape index (κ3) is 3.74. The van der Waals surface area contributed by atoms with Crippen LogP contribution in [0.4, 0.5) is 0 Å². The van der Waals surface area contributed by atoms with Gasteiger partial charge in [-0.3, -0.25) is 9.59 Å². The zero-order chi connectivity index (χ0) is 17.1. The number of hydrogen-bond donors (Lipinski definition) is 2. The lowest BCUT2D eigenvalue weighted by molar-refractivity contribution is -0.141. The van der Waals surface area contributed by atoms with E-state index in [1.807, 2.05) is 0 Å². The van der Waals surface area contributed by atoms with E-state index >= 15 is 0 Å². The van der Waals surface area contributed by atoms with Crippen LogP contribution >= 0.6 is 22.9 Å². The number of thiophene rings is 1. The normalized spacial score (nSPS) is 12.3. The molecule has 0 aliphatic rings. The minimum atomic E-state index is -1.02. The lowest BCUT2D eigenvalue weighted by Gasteiger charge is -2.08. The fraction of sp³-hybridized carbons (Fsp3) is 0.333. The number of methoxy groups -OCH3 is 1. The number of ketones is 1. The molecule has 1 heterocycles. The molecule has 1 atom stereocenters. The SMILES string of the molecule is COCOc1cc2sc(C(=O)CC(C)C(=O)O)cc2c(Cl)c1O. The van der Waals surface area contributed by atoms with E-state index in [-0.39, 0.29) is 35.5 Å². The molecule has 0 aliphatic carbocycles. The molecular weight excluding hydrogens is 344 g/mol. The van der Waals surface area contributed by atoms with E-state index in [0.717, 1.165) is 0 Å². The number of Topliss-reactive ketones (excluding diaryl/α,β-unsaturated/α-hetero) is 1. The van der Waals surface area contributed by atoms with Crippen LogP contribution in [0.2, 0.25) is 5.02 Å². The Morgan fingerprint density at radius 3 is 2.70 bits per heavy atom. The molecule has 2 N–H and O–H groups in total. The summed E-state index contributed by atoms with van der Waals surface area (Å²) in [6.45, 7) is 1.42. The van der Waals surface area contributed by atoms with Gasteiger partial charge in [0.05, 0.1) is 15.8 Å². The van der Waals surface area contributed by atoms with Crippen LogP contribution in [0, 0.1) is 5.92 Å². The number of carboxylic acid groups (broad SMARTS) is 1. The number of phenolic OH excluding ortho intramolecular Hbond substituents is 1. The van der Waals surface area contributed by atoms with Crippen molar-refractivity contribution in [3.05, 3.63) is 22.0 Å². The standard InChI is InChI=1S/C15H15ClO6S/c1-7(15(19)20)3-9(17)12-4-8-11(23-12)5-10(22-6-21-2)14(18)13(8)16/h4-5,7,18H,3,6H2,1-2H3,(H,19,20). The number of carbonyl (C=O) groups excluding carboxylic acids is 1. The zero-order valence-corrected chi connectivity index (χ0v) is 14.0. The highest BCUT2D eigenvalue weighted by Crippen LogP contribution is 2.43. The molecule has 0 bridgehead atoms. The second kappa shape index (κ2) is 7.16. The summed E-state index contributed by atoms with van der Waals surface area (Å²) in [7, 11) is 1.45. The molecule has 124 valence electrons. The van der Waals surface area contributed by atoms with Crippen molar-refractivity contribution in [2.75, 3.05) is 13.9 Å². The highest BCUT2D eigenvalue weighted by molar-refractivity contribution is 7.21. The molecule has 1 aromatic heterocycles. The van der Waals surface area contributed by atoms with Gasteiger partial charge in [-0.15, -0.1) is 11.3 Å². The summed E-state index contributed by atoms with van der Waals surface area (Å²) >= 11 is 7.29. The van der Waals surface area contributed by atoms with Crippen molar-refractivity contribution >= 4 is 44.8 Å². The first-order valence-electron chi connectivity index (χ1n) is 6.67. The van der Waals surface area contributed by atoms with E-state index < -0.39 is 11.9 Å². The Morgan fingerprint density at radius 1 is 1.39 bits per heavy atom. The van der Waals surface area contributed by atoms with Crippen molar-refractivity contribution in [1.82, 2.24) is 0 Å². The van der Waals surface area contributed by atoms with E-state index in [4.69, 9.17) is 26.2 Å². The maximum absolute atomic E-state index is 12.2. The quantitative estimate of drug-likeness (QED) is 0.581. The van der Waals surface area contributed by atoms with Gasteiger partial charge in [0.1, 0.15) is 0 Å². The smallest absolute Gasteiger partial charge is 0.306 e. The van der Waals surface area contributed by atoms with Gasteiger partial charge in [0.25, 0.3) is 0 Å². The van der Waals surface area contributed by atoms with Gasteiger partial charge in [0.15, 0.2) is 24.1 Å². The zero-order valence-electron chi connectivity index (χ0n) is 12.5. The van der Waals surface area contributed by atoms with E-state index in [0.29, 0.717) is 15.0 Å². The summed E-state index contributed by atoms with van der Waals surface area (Å²) in [6.07, 6.45) is -0.0984. The monoisotopic (exact) mass is 358 g/mol. The average Bonchev–Trinajstić information content (AvgIpc) is 2.93. The molecule has 1 unspecified atom stereocenters. The number of aromatic hydroxyl groups is 1. The molecule has 0 amide bonds. The van der Waals surface area contributed by atoms with Crippen LogP contribution in [0.25, 0.3) is 10.1 Å². The number of ether oxygens (including phenoxy) is 2. The third-order valence-corrected chi connectivity index (χ3v) is 4.73. The summed E-state index contributed by atoms with van der Waals surface area (Å²) < 4.78 is 10.7. The molecular formula is C15H15ClO6S. The van der Waals surface area contributed by atoms with E-state index in [2.05, 4.69) is 0 Å². The van der Waals surface area contributed by atoms with Crippen molar-refractivity contribution in [2.24, 2.45) is 5.92 Å². The van der Waals surface area contributed by atoms with Gasteiger partial charge in [-0.25, -0.2) is 0 Å². The second-order valence-electron chi connectivity index (χ2n) is 4.98. The minimum Gasteiger partial charge on any atom is -0.503 e. The Bertz CT molecular complexity index is 754. The largest absolute Gasteiger partial charge is 0.503 e. The minimum absolute atomic E-state index is 0.0529. The van der Waals surface area contributed by atoms with Gasteiger partial charge in [-0.05, 0) is 6.07 Å². The fourth-order valence-corrected chi connectivity index (χ4v) is 3.30. The number of hydrogen-bond acceptors (Lipinski definition) is 6. The lowest BCUT2D eigenvalue weighted by atomic mass is 10.0. The molecule has 0 radical (unpaired) electrons. The molecule has 6 nitrogen and oxygen atoms in total. The van der Waals surface area contributed by atoms with E-state index in [1.54, 1.807) is 12.1 Å². The predicted molar refractivity (Wildman–Crippen MR) is 86.8 cm³/mol. The summed E-state index contributed by atoms with van der Waals surface area (Å²) in [6, 6.07) is 3.12. The number of benzene rings is 1. The van der Waals surface area contributed by atoms with Crippen molar-refractivity contribution in [3.8, 4) is 11.5 Å². The molecule has 0 saturated heterocycles. The predicted octanol–water partition coefficient (Wildman–Crippen LogP) is 3.54. The molecule has 8 heteroatoms. The number of halogens is 1. The number of carboxylic acids is 1. The van der Waals surface area contributed by atoms with Crippen LogP contribution in [0.1, 0.15) is 23.0 Å². The highest BCUT2D eigenvalue weighted by atomic mass is 35.5. The van der Waals surface area contributed by atoms with Crippen molar-refractivity contribution < 1.29 is 29.3 Å². The Balaban J connectivity index is 2.36. The molecule has 2 aromatic rings. The van der Waals surface area contributed by atoms with E-state index in [9.17, 15) is 14.7 Å². The first-order valence-corrected chi connectivity index (χ1v) is 7.87. The molecule has 0 saturated carbocycles. The topological polar surface area (TPSA) is 93.1 Å². The van der Waals surface area contributed by atoms with Crippen LogP contribution in [-0.4, -0.2) is 35.9 Å². The van der Waals surface area contributed by atoms with Crippen LogP contribution < -0.4 is 4.74 Å². The molecule has 23 heavy (non-hydrogen) atoms. The number of phenols is 1. The van der Waals surface area contributed by atoms with Crippen LogP contribution in [-0.2, 0) is 9.53 Å². The number of aliphatic carboxylic acids is 1. The van der Waals surface area contributed by atoms with Crippen LogP contribution in [0.5, 0.6) is 11.5 Å². The first kappa shape index (κ1) is 17.5. The number of carbonyl (C=O) groups is 2. The second-order valence-corrected chi connectivity index (χ2v) is 6.44. The van der Waals surface area contributed by atoms with Crippen molar-refractivity contribution in [1.29, 1.82) is 0 Å². The Kier molecular flexibility index (Phi) is 5.46. The van der Waals surface area contributed by atoms with Crippen molar-refractivity contribution in [3.63, 3.8) is 0 Å². The highest BCUT2D eigenvalue weighted by Gasteiger charge is 2.21. The first-order chi connectivity index (χ1) is 10.8. The molecule has 0 aliphatic heterocycles. The summed E-state index contributed by atoms with van der Waals surface area (Å²) in [4.78, 5) is 23.4. The maximum atomic E-state index is 12.2. The van der Waals surface area contributed by atoms with Gasteiger partial charge in [0, 0.05) is 29.7 Å². The molecule has 0 fully saturated rings. The van der Waals surface area contributed by atoms with Crippen LogP contribution in [0.3, 0.4) is 0 Å². The van der Waals surface area contributed by atoms with Gasteiger partial charge in [-0.2, -0.15) is 0 Å². The van der Waals surface area contributed by atoms with Gasteiger partial charge < -0.3 is 19.7 Å². The average molecular weight is 359 g/mol. The van der Waals surface area contributed by atoms with Crippen LogP contribution in [0.15, 0.2) is 12.1 Å². The lowest BCUT2D eigenvalue weighted by Crippen LogP contribution is -2.13. The Hall–Kier alpha value is -1.83. The van der Waals surface area contributed by atoms with Gasteiger partial charge >= 0.3 is 5.97 Å². The Morgan fingerprint density at radius 2 is 2.09 bits per heavy atom. The molecule has 2 rings (SSSR count). The summed E-state index contributed by atoms with van der Waals surface area (Å²) in [5.74, 6) is -2.14. The number of rotatable bonds is 7. The molecule has 1 aromatic carbocycles. The van der Waals surface area contributed by atoms with Crippen molar-refractivity contribution in [2.45, 2.75) is 13.3 Å². The fourth-order valence-electron chi connectivity index (χ4n) is 1.94. The Labute approximate surface area is 141 Å².